The minimum atomic E-state index is -0.502. The van der Waals surface area contributed by atoms with E-state index in [9.17, 15) is 9.59 Å². The molecule has 0 bridgehead atoms. The van der Waals surface area contributed by atoms with Gasteiger partial charge in [-0.25, -0.2) is 4.98 Å². The molecule has 2 aromatic heterocycles. The molecular formula is C21H24N4O2S. The molecule has 3 aromatic rings. The van der Waals surface area contributed by atoms with Gasteiger partial charge in [0, 0.05) is 31.0 Å². The lowest BCUT2D eigenvalue weighted by molar-refractivity contribution is -0.133. The van der Waals surface area contributed by atoms with E-state index in [-0.39, 0.29) is 17.7 Å². The second kappa shape index (κ2) is 7.75. The number of hydrogen-bond donors (Lipinski definition) is 1. The van der Waals surface area contributed by atoms with Crippen LogP contribution >= 0.6 is 11.3 Å². The number of hydrogen-bond acceptors (Lipinski definition) is 4. The summed E-state index contributed by atoms with van der Waals surface area (Å²) in [6.45, 7) is 5.50. The first-order chi connectivity index (χ1) is 13.5. The molecule has 2 amide bonds. The highest BCUT2D eigenvalue weighted by atomic mass is 32.1. The maximum atomic E-state index is 12.9. The van der Waals surface area contributed by atoms with Crippen LogP contribution in [0.1, 0.15) is 37.0 Å². The lowest BCUT2D eigenvalue weighted by Gasteiger charge is -2.26. The standard InChI is InChI=1S/C21H24N4O2S/c1-14(2)18(20(27)24-9-3-4-10-24)23-19(26)15-7-8-16-17(13-15)28-21(22-16)25-11-5-6-12-25/h5-8,11-14,18H,3-4,9-10H2,1-2H3,(H,23,26). The highest BCUT2D eigenvalue weighted by Crippen LogP contribution is 2.26. The molecule has 1 saturated heterocycles. The van der Waals surface area contributed by atoms with E-state index < -0.39 is 6.04 Å². The summed E-state index contributed by atoms with van der Waals surface area (Å²) < 4.78 is 2.90. The van der Waals surface area contributed by atoms with E-state index >= 15 is 0 Å². The quantitative estimate of drug-likeness (QED) is 0.718. The van der Waals surface area contributed by atoms with E-state index in [0.717, 1.165) is 41.3 Å². The maximum Gasteiger partial charge on any atom is 0.251 e. The molecule has 1 aromatic carbocycles. The number of amides is 2. The number of carbonyl (C=O) groups excluding carboxylic acids is 2. The third-order valence-electron chi connectivity index (χ3n) is 5.10. The molecule has 28 heavy (non-hydrogen) atoms. The zero-order valence-corrected chi connectivity index (χ0v) is 16.9. The SMILES string of the molecule is CC(C)C(NC(=O)c1ccc2nc(-n3cccc3)sc2c1)C(=O)N1CCCC1. The van der Waals surface area contributed by atoms with Crippen molar-refractivity contribution in [1.82, 2.24) is 19.8 Å². The molecular weight excluding hydrogens is 372 g/mol. The number of fused-ring (bicyclic) bond motifs is 1. The second-order valence-electron chi connectivity index (χ2n) is 7.50. The number of benzene rings is 1. The monoisotopic (exact) mass is 396 g/mol. The largest absolute Gasteiger partial charge is 0.341 e. The van der Waals surface area contributed by atoms with Crippen molar-refractivity contribution < 1.29 is 9.59 Å². The summed E-state index contributed by atoms with van der Waals surface area (Å²) in [5.74, 6) is -0.164. The Morgan fingerprint density at radius 3 is 2.54 bits per heavy atom. The average Bonchev–Trinajstić information content (AvgIpc) is 3.44. The Morgan fingerprint density at radius 1 is 1.14 bits per heavy atom. The second-order valence-corrected chi connectivity index (χ2v) is 8.51. The topological polar surface area (TPSA) is 67.2 Å². The number of carbonyl (C=O) groups is 2. The van der Waals surface area contributed by atoms with Gasteiger partial charge in [-0.15, -0.1) is 0 Å². The lowest BCUT2D eigenvalue weighted by atomic mass is 10.0. The van der Waals surface area contributed by atoms with Crippen molar-refractivity contribution in [3.63, 3.8) is 0 Å². The van der Waals surface area contributed by atoms with Gasteiger partial charge in [0.25, 0.3) is 5.91 Å². The van der Waals surface area contributed by atoms with Crippen LogP contribution in [0.2, 0.25) is 0 Å². The van der Waals surface area contributed by atoms with Gasteiger partial charge >= 0.3 is 0 Å². The summed E-state index contributed by atoms with van der Waals surface area (Å²) >= 11 is 1.54. The van der Waals surface area contributed by atoms with Crippen molar-refractivity contribution in [2.45, 2.75) is 32.7 Å². The normalized spacial score (nSPS) is 15.3. The minimum Gasteiger partial charge on any atom is -0.341 e. The van der Waals surface area contributed by atoms with Crippen molar-refractivity contribution in [2.24, 2.45) is 5.92 Å². The maximum absolute atomic E-state index is 12.9. The first kappa shape index (κ1) is 18.7. The summed E-state index contributed by atoms with van der Waals surface area (Å²) in [6.07, 6.45) is 5.97. The number of likely N-dealkylation sites (tertiary alicyclic amines) is 1. The van der Waals surface area contributed by atoms with Crippen LogP contribution in [-0.4, -0.2) is 45.4 Å². The van der Waals surface area contributed by atoms with E-state index in [1.807, 2.05) is 60.0 Å². The number of rotatable bonds is 5. The van der Waals surface area contributed by atoms with Crippen LogP contribution in [0, 0.1) is 5.92 Å². The van der Waals surface area contributed by atoms with E-state index in [2.05, 4.69) is 10.3 Å². The molecule has 1 unspecified atom stereocenters. The van der Waals surface area contributed by atoms with Gasteiger partial charge in [0.15, 0.2) is 5.13 Å². The van der Waals surface area contributed by atoms with Crippen molar-refractivity contribution in [3.8, 4) is 5.13 Å². The number of thiazole rings is 1. The van der Waals surface area contributed by atoms with Crippen LogP contribution in [0.15, 0.2) is 42.7 Å². The van der Waals surface area contributed by atoms with E-state index in [4.69, 9.17) is 0 Å². The highest BCUT2D eigenvalue weighted by molar-refractivity contribution is 7.20. The molecule has 6 nitrogen and oxygen atoms in total. The van der Waals surface area contributed by atoms with Crippen LogP contribution in [0.3, 0.4) is 0 Å². The fourth-order valence-electron chi connectivity index (χ4n) is 3.50. The Balaban J connectivity index is 1.54. The van der Waals surface area contributed by atoms with Crippen molar-refractivity contribution >= 4 is 33.4 Å². The van der Waals surface area contributed by atoms with Crippen LogP contribution in [-0.2, 0) is 4.79 Å². The molecule has 1 fully saturated rings. The smallest absolute Gasteiger partial charge is 0.251 e. The first-order valence-corrected chi connectivity index (χ1v) is 10.5. The third-order valence-corrected chi connectivity index (χ3v) is 6.13. The van der Waals surface area contributed by atoms with Crippen molar-refractivity contribution in [3.05, 3.63) is 48.3 Å². The lowest BCUT2D eigenvalue weighted by Crippen LogP contribution is -2.50. The summed E-state index contributed by atoms with van der Waals surface area (Å²) in [7, 11) is 0. The van der Waals surface area contributed by atoms with Crippen LogP contribution in [0.4, 0.5) is 0 Å². The van der Waals surface area contributed by atoms with Gasteiger partial charge in [0.1, 0.15) is 6.04 Å². The Bertz CT molecular complexity index is 987. The zero-order valence-electron chi connectivity index (χ0n) is 16.1. The molecule has 0 aliphatic carbocycles. The van der Waals surface area contributed by atoms with Gasteiger partial charge in [0.05, 0.1) is 10.2 Å². The minimum absolute atomic E-state index is 0.0228. The fourth-order valence-corrected chi connectivity index (χ4v) is 4.47. The summed E-state index contributed by atoms with van der Waals surface area (Å²) in [5.41, 5.74) is 1.41. The van der Waals surface area contributed by atoms with Crippen LogP contribution in [0.25, 0.3) is 15.3 Å². The molecule has 0 spiro atoms. The molecule has 7 heteroatoms. The zero-order chi connectivity index (χ0) is 19.7. The van der Waals surface area contributed by atoms with Crippen LogP contribution < -0.4 is 5.32 Å². The van der Waals surface area contributed by atoms with E-state index in [1.54, 1.807) is 6.07 Å². The Hall–Kier alpha value is -2.67. The summed E-state index contributed by atoms with van der Waals surface area (Å²) in [6, 6.07) is 8.89. The van der Waals surface area contributed by atoms with Crippen molar-refractivity contribution in [1.29, 1.82) is 0 Å². The number of nitrogens with zero attached hydrogens (tertiary/aromatic N) is 3. The van der Waals surface area contributed by atoms with E-state index in [0.29, 0.717) is 5.56 Å². The van der Waals surface area contributed by atoms with Crippen LogP contribution in [0.5, 0.6) is 0 Å². The molecule has 0 radical (unpaired) electrons. The summed E-state index contributed by atoms with van der Waals surface area (Å²) in [5, 5.41) is 3.82. The number of aromatic nitrogens is 2. The predicted molar refractivity (Wildman–Crippen MR) is 111 cm³/mol. The van der Waals surface area contributed by atoms with Crippen molar-refractivity contribution in [2.75, 3.05) is 13.1 Å². The molecule has 3 heterocycles. The van der Waals surface area contributed by atoms with Gasteiger partial charge in [-0.05, 0) is 49.1 Å². The molecule has 4 rings (SSSR count). The molecule has 1 aliphatic heterocycles. The predicted octanol–water partition coefficient (Wildman–Crippen LogP) is 3.46. The molecule has 0 saturated carbocycles. The van der Waals surface area contributed by atoms with Gasteiger partial charge in [-0.3, -0.25) is 9.59 Å². The Labute approximate surface area is 168 Å². The van der Waals surface area contributed by atoms with Gasteiger partial charge in [-0.1, -0.05) is 25.2 Å². The van der Waals surface area contributed by atoms with Gasteiger partial charge < -0.3 is 14.8 Å². The summed E-state index contributed by atoms with van der Waals surface area (Å²) in [4.78, 5) is 32.1. The molecule has 146 valence electrons. The highest BCUT2D eigenvalue weighted by Gasteiger charge is 2.30. The first-order valence-electron chi connectivity index (χ1n) is 9.66. The molecule has 1 N–H and O–H groups in total. The fraction of sp³-hybridized carbons (Fsp3) is 0.381. The molecule has 1 atom stereocenters. The number of nitrogens with one attached hydrogen (secondary N) is 1. The van der Waals surface area contributed by atoms with Gasteiger partial charge in [0.2, 0.25) is 5.91 Å². The average molecular weight is 397 g/mol. The Morgan fingerprint density at radius 2 is 1.86 bits per heavy atom. The van der Waals surface area contributed by atoms with E-state index in [1.165, 1.54) is 11.3 Å². The Kier molecular flexibility index (Phi) is 5.17. The third kappa shape index (κ3) is 3.67. The molecule has 1 aliphatic rings. The van der Waals surface area contributed by atoms with Gasteiger partial charge in [-0.2, -0.15) is 0 Å².